The number of hydrogen-bond donors (Lipinski definition) is 2. The van der Waals surface area contributed by atoms with Crippen LogP contribution in [0.1, 0.15) is 28.4 Å². The first-order valence-electron chi connectivity index (χ1n) is 5.04. The topological polar surface area (TPSA) is 49.3 Å². The summed E-state index contributed by atoms with van der Waals surface area (Å²) in [4.78, 5) is 11.7. The van der Waals surface area contributed by atoms with Crippen molar-refractivity contribution in [3.05, 3.63) is 34.9 Å². The predicted molar refractivity (Wildman–Crippen MR) is 59.9 cm³/mol. The molecule has 1 amide bonds. The number of aliphatic hydroxyl groups is 1. The van der Waals surface area contributed by atoms with Crippen LogP contribution in [0.2, 0.25) is 0 Å². The highest BCUT2D eigenvalue weighted by atomic mass is 16.3. The summed E-state index contributed by atoms with van der Waals surface area (Å²) in [5.41, 5.74) is 2.68. The van der Waals surface area contributed by atoms with Crippen LogP contribution in [0, 0.1) is 13.8 Å². The fourth-order valence-electron chi connectivity index (χ4n) is 1.32. The highest BCUT2D eigenvalue weighted by Gasteiger charge is 2.09. The van der Waals surface area contributed by atoms with Gasteiger partial charge >= 0.3 is 0 Å². The number of rotatable bonds is 3. The van der Waals surface area contributed by atoms with Crippen molar-refractivity contribution in [2.45, 2.75) is 26.9 Å². The summed E-state index contributed by atoms with van der Waals surface area (Å²) in [7, 11) is 0. The monoisotopic (exact) mass is 207 g/mol. The van der Waals surface area contributed by atoms with E-state index in [0.29, 0.717) is 5.56 Å². The second-order valence-electron chi connectivity index (χ2n) is 3.88. The number of aryl methyl sites for hydroxylation is 2. The Morgan fingerprint density at radius 2 is 2.13 bits per heavy atom. The van der Waals surface area contributed by atoms with Crippen molar-refractivity contribution in [2.75, 3.05) is 6.54 Å². The highest BCUT2D eigenvalue weighted by molar-refractivity contribution is 5.95. The maximum absolute atomic E-state index is 11.7. The van der Waals surface area contributed by atoms with Gasteiger partial charge < -0.3 is 10.4 Å². The summed E-state index contributed by atoms with van der Waals surface area (Å²) in [6.07, 6.45) is -0.515. The molecule has 0 aliphatic rings. The number of aliphatic hydroxyl groups excluding tert-OH is 1. The maximum Gasteiger partial charge on any atom is 0.251 e. The Labute approximate surface area is 90.1 Å². The molecule has 3 heteroatoms. The summed E-state index contributed by atoms with van der Waals surface area (Å²) in [5.74, 6) is -0.128. The summed E-state index contributed by atoms with van der Waals surface area (Å²) < 4.78 is 0. The van der Waals surface area contributed by atoms with Crippen LogP contribution < -0.4 is 5.32 Å². The van der Waals surface area contributed by atoms with Crippen LogP contribution in [0.4, 0.5) is 0 Å². The Morgan fingerprint density at radius 1 is 1.47 bits per heavy atom. The van der Waals surface area contributed by atoms with E-state index in [9.17, 15) is 4.79 Å². The zero-order chi connectivity index (χ0) is 11.4. The molecule has 1 atom stereocenters. The quantitative estimate of drug-likeness (QED) is 0.787. The molecule has 0 bridgehead atoms. The zero-order valence-corrected chi connectivity index (χ0v) is 9.37. The van der Waals surface area contributed by atoms with E-state index in [-0.39, 0.29) is 12.5 Å². The van der Waals surface area contributed by atoms with Crippen molar-refractivity contribution in [3.8, 4) is 0 Å². The molecule has 0 saturated carbocycles. The Bertz CT molecular complexity index is 359. The van der Waals surface area contributed by atoms with Crippen LogP contribution >= 0.6 is 0 Å². The molecule has 1 rings (SSSR count). The number of benzene rings is 1. The maximum atomic E-state index is 11.7. The smallest absolute Gasteiger partial charge is 0.251 e. The Balaban J connectivity index is 2.77. The molecule has 15 heavy (non-hydrogen) atoms. The zero-order valence-electron chi connectivity index (χ0n) is 9.37. The van der Waals surface area contributed by atoms with Gasteiger partial charge in [-0.2, -0.15) is 0 Å². The Kier molecular flexibility index (Phi) is 3.86. The van der Waals surface area contributed by atoms with Gasteiger partial charge in [0.2, 0.25) is 0 Å². The number of nitrogens with one attached hydrogen (secondary N) is 1. The molecule has 0 fully saturated rings. The molecule has 1 aromatic rings. The number of hydrogen-bond acceptors (Lipinski definition) is 2. The van der Waals surface area contributed by atoms with Crippen molar-refractivity contribution in [2.24, 2.45) is 0 Å². The largest absolute Gasteiger partial charge is 0.392 e. The third-order valence-corrected chi connectivity index (χ3v) is 2.20. The molecule has 0 aromatic heterocycles. The second kappa shape index (κ2) is 4.94. The van der Waals surface area contributed by atoms with E-state index in [0.717, 1.165) is 11.1 Å². The summed E-state index contributed by atoms with van der Waals surface area (Å²) >= 11 is 0. The van der Waals surface area contributed by atoms with Gasteiger partial charge in [-0.25, -0.2) is 0 Å². The van der Waals surface area contributed by atoms with Crippen LogP contribution in [-0.2, 0) is 0 Å². The summed E-state index contributed by atoms with van der Waals surface area (Å²) in [6, 6.07) is 5.75. The molecule has 0 saturated heterocycles. The molecular weight excluding hydrogens is 190 g/mol. The molecule has 0 spiro atoms. The van der Waals surface area contributed by atoms with Gasteiger partial charge in [-0.3, -0.25) is 4.79 Å². The van der Waals surface area contributed by atoms with Crippen LogP contribution in [0.5, 0.6) is 0 Å². The van der Waals surface area contributed by atoms with E-state index >= 15 is 0 Å². The van der Waals surface area contributed by atoms with Crippen LogP contribution in [-0.4, -0.2) is 23.7 Å². The predicted octanol–water partition coefficient (Wildman–Crippen LogP) is 1.41. The highest BCUT2D eigenvalue weighted by Crippen LogP contribution is 2.10. The Hall–Kier alpha value is -1.35. The number of carbonyl (C=O) groups is 1. The van der Waals surface area contributed by atoms with Crippen LogP contribution in [0.3, 0.4) is 0 Å². The van der Waals surface area contributed by atoms with Gasteiger partial charge in [0.1, 0.15) is 0 Å². The molecule has 1 aromatic carbocycles. The molecule has 3 nitrogen and oxygen atoms in total. The van der Waals surface area contributed by atoms with Gasteiger partial charge in [-0.05, 0) is 32.4 Å². The SMILES string of the molecule is Cc1ccc(C)c(C(=O)NCC(C)O)c1. The average molecular weight is 207 g/mol. The minimum absolute atomic E-state index is 0.128. The second-order valence-corrected chi connectivity index (χ2v) is 3.88. The molecule has 82 valence electrons. The minimum atomic E-state index is -0.515. The van der Waals surface area contributed by atoms with Gasteiger partial charge in [0, 0.05) is 12.1 Å². The lowest BCUT2D eigenvalue weighted by Gasteiger charge is -2.09. The van der Waals surface area contributed by atoms with Gasteiger partial charge in [-0.1, -0.05) is 17.7 Å². The minimum Gasteiger partial charge on any atom is -0.392 e. The third kappa shape index (κ3) is 3.36. The fourth-order valence-corrected chi connectivity index (χ4v) is 1.32. The lowest BCUT2D eigenvalue weighted by molar-refractivity contribution is 0.0923. The van der Waals surface area contributed by atoms with Gasteiger partial charge in [0.05, 0.1) is 6.10 Å². The van der Waals surface area contributed by atoms with E-state index in [1.165, 1.54) is 0 Å². The molecule has 0 radical (unpaired) electrons. The first kappa shape index (κ1) is 11.7. The van der Waals surface area contributed by atoms with Gasteiger partial charge in [0.15, 0.2) is 0 Å². The standard InChI is InChI=1S/C12H17NO2/c1-8-4-5-9(2)11(6-8)12(15)13-7-10(3)14/h4-6,10,14H,7H2,1-3H3,(H,13,15). The van der Waals surface area contributed by atoms with E-state index in [1.54, 1.807) is 6.92 Å². The van der Waals surface area contributed by atoms with E-state index < -0.39 is 6.10 Å². The number of amides is 1. The fraction of sp³-hybridized carbons (Fsp3) is 0.417. The Morgan fingerprint density at radius 3 is 2.73 bits per heavy atom. The van der Waals surface area contributed by atoms with Gasteiger partial charge in [0.25, 0.3) is 5.91 Å². The lowest BCUT2D eigenvalue weighted by atomic mass is 10.1. The normalized spacial score (nSPS) is 12.3. The lowest BCUT2D eigenvalue weighted by Crippen LogP contribution is -2.31. The molecule has 2 N–H and O–H groups in total. The number of carbonyl (C=O) groups excluding carboxylic acids is 1. The van der Waals surface area contributed by atoms with E-state index in [4.69, 9.17) is 5.11 Å². The van der Waals surface area contributed by atoms with E-state index in [2.05, 4.69) is 5.32 Å². The third-order valence-electron chi connectivity index (χ3n) is 2.20. The molecule has 1 unspecified atom stereocenters. The average Bonchev–Trinajstić information content (AvgIpc) is 2.18. The van der Waals surface area contributed by atoms with Crippen LogP contribution in [0.15, 0.2) is 18.2 Å². The molecule has 0 heterocycles. The summed E-state index contributed by atoms with van der Waals surface area (Å²) in [5, 5.41) is 11.7. The van der Waals surface area contributed by atoms with Crippen molar-refractivity contribution >= 4 is 5.91 Å². The first-order valence-corrected chi connectivity index (χ1v) is 5.04. The molecule has 0 aliphatic heterocycles. The molecular formula is C12H17NO2. The summed E-state index contributed by atoms with van der Waals surface area (Å²) in [6.45, 7) is 5.78. The molecule has 0 aliphatic carbocycles. The first-order chi connectivity index (χ1) is 7.00. The van der Waals surface area contributed by atoms with Crippen LogP contribution in [0.25, 0.3) is 0 Å². The van der Waals surface area contributed by atoms with Crippen molar-refractivity contribution in [1.29, 1.82) is 0 Å². The van der Waals surface area contributed by atoms with E-state index in [1.807, 2.05) is 32.0 Å². The van der Waals surface area contributed by atoms with Crippen molar-refractivity contribution < 1.29 is 9.90 Å². The van der Waals surface area contributed by atoms with Gasteiger partial charge in [-0.15, -0.1) is 0 Å². The van der Waals surface area contributed by atoms with Crippen molar-refractivity contribution in [1.82, 2.24) is 5.32 Å². The van der Waals surface area contributed by atoms with Crippen molar-refractivity contribution in [3.63, 3.8) is 0 Å².